The molecule has 1 atom stereocenters. The van der Waals surface area contributed by atoms with Gasteiger partial charge >= 0.3 is 6.03 Å². The first-order valence-corrected chi connectivity index (χ1v) is 12.5. The standard InChI is InChI=1S/C25H26Cl2N6O5/c1-32(25(34)31-24-22(26)18(35-2)9-19(36-3)23(24)27)21-10-20(28-13-29-21)30-14-4-5-16-17(8-14)38-12-15-11-37-7-6-33(15)16/h4-5,8-10,13,15H,6-7,11-12H2,1-3H3,(H,31,34)(H,28,29,30)/t15-/m1/s1. The Morgan fingerprint density at radius 3 is 2.61 bits per heavy atom. The van der Waals surface area contributed by atoms with E-state index in [4.69, 9.17) is 42.1 Å². The van der Waals surface area contributed by atoms with Crippen molar-refractivity contribution in [2.45, 2.75) is 6.04 Å². The van der Waals surface area contributed by atoms with Crippen molar-refractivity contribution in [3.05, 3.63) is 46.7 Å². The quantitative estimate of drug-likeness (QED) is 0.438. The van der Waals surface area contributed by atoms with Crippen LogP contribution in [0, 0.1) is 0 Å². The molecule has 2 aliphatic rings. The molecule has 2 amide bonds. The van der Waals surface area contributed by atoms with Crippen LogP contribution in [0.15, 0.2) is 36.7 Å². The van der Waals surface area contributed by atoms with Gasteiger partial charge in [0.1, 0.15) is 51.9 Å². The molecule has 11 nitrogen and oxygen atoms in total. The minimum Gasteiger partial charge on any atom is -0.495 e. The van der Waals surface area contributed by atoms with Gasteiger partial charge in [-0.1, -0.05) is 23.2 Å². The van der Waals surface area contributed by atoms with Gasteiger partial charge in [-0.25, -0.2) is 14.8 Å². The fraction of sp³-hybridized carbons (Fsp3) is 0.320. The number of halogens is 2. The third-order valence-electron chi connectivity index (χ3n) is 6.31. The van der Waals surface area contributed by atoms with Crippen LogP contribution >= 0.6 is 23.2 Å². The van der Waals surface area contributed by atoms with Crippen LogP contribution in [0.1, 0.15) is 0 Å². The number of rotatable bonds is 6. The van der Waals surface area contributed by atoms with Crippen LogP contribution in [0.4, 0.5) is 33.5 Å². The van der Waals surface area contributed by atoms with E-state index in [0.29, 0.717) is 43.0 Å². The van der Waals surface area contributed by atoms with E-state index >= 15 is 0 Å². The Kier molecular flexibility index (Phi) is 7.50. The van der Waals surface area contributed by atoms with Crippen molar-refractivity contribution in [3.8, 4) is 17.2 Å². The maximum atomic E-state index is 13.1. The summed E-state index contributed by atoms with van der Waals surface area (Å²) >= 11 is 12.8. The average molecular weight is 561 g/mol. The van der Waals surface area contributed by atoms with Crippen molar-refractivity contribution in [1.29, 1.82) is 0 Å². The Morgan fingerprint density at radius 1 is 1.11 bits per heavy atom. The summed E-state index contributed by atoms with van der Waals surface area (Å²) in [7, 11) is 4.47. The second-order valence-electron chi connectivity index (χ2n) is 8.58. The number of amides is 2. The normalized spacial score (nSPS) is 16.0. The highest BCUT2D eigenvalue weighted by Gasteiger charge is 2.30. The number of carbonyl (C=O) groups excluding carboxylic acids is 1. The minimum atomic E-state index is -0.531. The average Bonchev–Trinajstić information content (AvgIpc) is 2.95. The number of anilines is 5. The van der Waals surface area contributed by atoms with Gasteiger partial charge in [0.15, 0.2) is 0 Å². The lowest BCUT2D eigenvalue weighted by atomic mass is 10.1. The lowest BCUT2D eigenvalue weighted by Gasteiger charge is -2.41. The van der Waals surface area contributed by atoms with Crippen LogP contribution in [0.5, 0.6) is 17.2 Å². The monoisotopic (exact) mass is 560 g/mol. The van der Waals surface area contributed by atoms with Gasteiger partial charge in [0.05, 0.1) is 44.8 Å². The first-order chi connectivity index (χ1) is 18.4. The number of aromatic nitrogens is 2. The molecule has 2 aromatic carbocycles. The van der Waals surface area contributed by atoms with E-state index in [2.05, 4.69) is 25.5 Å². The molecule has 13 heteroatoms. The molecule has 2 N–H and O–H groups in total. The van der Waals surface area contributed by atoms with Gasteiger partial charge in [-0.15, -0.1) is 0 Å². The molecular formula is C25H26Cl2N6O5. The first kappa shape index (κ1) is 26.0. The summed E-state index contributed by atoms with van der Waals surface area (Å²) in [6.45, 7) is 2.76. The van der Waals surface area contributed by atoms with E-state index in [0.717, 1.165) is 23.7 Å². The molecule has 1 saturated heterocycles. The van der Waals surface area contributed by atoms with Crippen LogP contribution in [0.2, 0.25) is 10.0 Å². The van der Waals surface area contributed by atoms with Crippen LogP contribution in [0.25, 0.3) is 0 Å². The molecule has 3 heterocycles. The summed E-state index contributed by atoms with van der Waals surface area (Å²) in [5.74, 6) is 2.23. The number of carbonyl (C=O) groups is 1. The SMILES string of the molecule is COc1cc(OC)c(Cl)c(NC(=O)N(C)c2cc(Nc3ccc4c(c3)OC[C@H]3COCCN43)ncn2)c1Cl. The van der Waals surface area contributed by atoms with Crippen molar-refractivity contribution >= 4 is 57.9 Å². The molecule has 1 aromatic heterocycles. The zero-order valence-corrected chi connectivity index (χ0v) is 22.5. The summed E-state index contributed by atoms with van der Waals surface area (Å²) < 4.78 is 22.1. The van der Waals surface area contributed by atoms with E-state index in [-0.39, 0.29) is 21.8 Å². The first-order valence-electron chi connectivity index (χ1n) is 11.7. The largest absolute Gasteiger partial charge is 0.495 e. The molecule has 0 aliphatic carbocycles. The Bertz CT molecular complexity index is 1330. The van der Waals surface area contributed by atoms with Crippen molar-refractivity contribution in [3.63, 3.8) is 0 Å². The Morgan fingerprint density at radius 2 is 1.87 bits per heavy atom. The third-order valence-corrected chi connectivity index (χ3v) is 7.06. The van der Waals surface area contributed by atoms with E-state index in [1.165, 1.54) is 31.5 Å². The summed E-state index contributed by atoms with van der Waals surface area (Å²) in [4.78, 5) is 25.2. The lowest BCUT2D eigenvalue weighted by Crippen LogP contribution is -2.51. The van der Waals surface area contributed by atoms with Crippen molar-refractivity contribution in [1.82, 2.24) is 9.97 Å². The summed E-state index contributed by atoms with van der Waals surface area (Å²) in [6.07, 6.45) is 1.36. The van der Waals surface area contributed by atoms with Gasteiger partial charge in [-0.2, -0.15) is 0 Å². The zero-order valence-electron chi connectivity index (χ0n) is 21.0. The highest BCUT2D eigenvalue weighted by Crippen LogP contribution is 2.44. The molecule has 0 radical (unpaired) electrons. The number of hydrogen-bond acceptors (Lipinski definition) is 9. The number of hydrogen-bond donors (Lipinski definition) is 2. The maximum absolute atomic E-state index is 13.1. The minimum absolute atomic E-state index is 0.142. The fourth-order valence-corrected chi connectivity index (χ4v) is 4.87. The van der Waals surface area contributed by atoms with E-state index in [9.17, 15) is 4.79 Å². The number of benzene rings is 2. The molecule has 0 bridgehead atoms. The molecule has 38 heavy (non-hydrogen) atoms. The predicted molar refractivity (Wildman–Crippen MR) is 146 cm³/mol. The number of nitrogens with zero attached hydrogens (tertiary/aromatic N) is 4. The Hall–Kier alpha value is -3.67. The number of fused-ring (bicyclic) bond motifs is 3. The second kappa shape index (κ2) is 11.0. The summed E-state index contributed by atoms with van der Waals surface area (Å²) in [5, 5.41) is 6.24. The summed E-state index contributed by atoms with van der Waals surface area (Å²) in [5.41, 5.74) is 1.99. The van der Waals surface area contributed by atoms with Crippen LogP contribution in [0.3, 0.4) is 0 Å². The molecule has 1 fully saturated rings. The van der Waals surface area contributed by atoms with E-state index in [1.807, 2.05) is 18.2 Å². The van der Waals surface area contributed by atoms with Crippen LogP contribution < -0.4 is 34.6 Å². The van der Waals surface area contributed by atoms with Crippen LogP contribution in [-0.4, -0.2) is 69.7 Å². The maximum Gasteiger partial charge on any atom is 0.327 e. The molecule has 0 unspecified atom stereocenters. The van der Waals surface area contributed by atoms with Crippen molar-refractivity contribution < 1.29 is 23.7 Å². The Balaban J connectivity index is 1.32. The number of nitrogens with one attached hydrogen (secondary N) is 2. The topological polar surface area (TPSA) is 110 Å². The molecular weight excluding hydrogens is 535 g/mol. The molecule has 2 aliphatic heterocycles. The third kappa shape index (κ3) is 5.04. The summed E-state index contributed by atoms with van der Waals surface area (Å²) in [6, 6.07) is 8.79. The molecule has 0 saturated carbocycles. The fourth-order valence-electron chi connectivity index (χ4n) is 4.28. The van der Waals surface area contributed by atoms with Gasteiger partial charge < -0.3 is 34.5 Å². The van der Waals surface area contributed by atoms with Crippen molar-refractivity contribution in [2.24, 2.45) is 0 Å². The number of ether oxygens (including phenoxy) is 4. The smallest absolute Gasteiger partial charge is 0.327 e. The van der Waals surface area contributed by atoms with Gasteiger partial charge in [0.2, 0.25) is 0 Å². The highest BCUT2D eigenvalue weighted by molar-refractivity contribution is 6.41. The van der Waals surface area contributed by atoms with Gasteiger partial charge in [0, 0.05) is 37.5 Å². The van der Waals surface area contributed by atoms with Crippen molar-refractivity contribution in [2.75, 3.05) is 68.1 Å². The molecule has 5 rings (SSSR count). The van der Waals surface area contributed by atoms with Gasteiger partial charge in [-0.3, -0.25) is 4.90 Å². The molecule has 0 spiro atoms. The second-order valence-corrected chi connectivity index (χ2v) is 9.33. The van der Waals surface area contributed by atoms with Crippen LogP contribution in [-0.2, 0) is 4.74 Å². The van der Waals surface area contributed by atoms with Gasteiger partial charge in [-0.05, 0) is 12.1 Å². The number of methoxy groups -OCH3 is 2. The highest BCUT2D eigenvalue weighted by atomic mass is 35.5. The van der Waals surface area contributed by atoms with E-state index in [1.54, 1.807) is 13.1 Å². The number of urea groups is 1. The lowest BCUT2D eigenvalue weighted by molar-refractivity contribution is 0.0705. The number of morpholine rings is 1. The Labute approximate surface area is 229 Å². The van der Waals surface area contributed by atoms with E-state index < -0.39 is 6.03 Å². The predicted octanol–water partition coefficient (Wildman–Crippen LogP) is 4.81. The zero-order chi connectivity index (χ0) is 26.8. The molecule has 200 valence electrons. The molecule has 3 aromatic rings. The van der Waals surface area contributed by atoms with Gasteiger partial charge in [0.25, 0.3) is 0 Å².